The summed E-state index contributed by atoms with van der Waals surface area (Å²) in [7, 11) is 4.77. The molecule has 2 aromatic rings. The van der Waals surface area contributed by atoms with Crippen molar-refractivity contribution in [2.24, 2.45) is 0 Å². The number of rotatable bonds is 6. The van der Waals surface area contributed by atoms with Crippen LogP contribution in [0.2, 0.25) is 0 Å². The summed E-state index contributed by atoms with van der Waals surface area (Å²) < 4.78 is 21.5. The quantitative estimate of drug-likeness (QED) is 0.828. The lowest BCUT2D eigenvalue weighted by Crippen LogP contribution is -2.01. The second kappa shape index (κ2) is 6.74. The molecule has 0 unspecified atom stereocenters. The Hall–Kier alpha value is -2.56. The van der Waals surface area contributed by atoms with E-state index in [0.29, 0.717) is 35.3 Å². The maximum Gasteiger partial charge on any atom is 0.203 e. The molecule has 2 rings (SSSR count). The Morgan fingerprint density at radius 2 is 1.48 bits per heavy atom. The summed E-state index contributed by atoms with van der Waals surface area (Å²) in [5, 5.41) is 0. The Bertz CT molecular complexity index is 591. The second-order valence-corrected chi connectivity index (χ2v) is 4.36. The van der Waals surface area contributed by atoms with Crippen LogP contribution in [0.1, 0.15) is 5.56 Å². The molecule has 0 fully saturated rings. The predicted molar refractivity (Wildman–Crippen MR) is 81.3 cm³/mol. The Morgan fingerprint density at radius 3 is 2.00 bits per heavy atom. The van der Waals surface area contributed by atoms with Crippen LogP contribution < -0.4 is 24.7 Å². The number of nitrogen functional groups attached to an aromatic ring is 1. The van der Waals surface area contributed by atoms with Gasteiger partial charge in [0, 0.05) is 0 Å². The van der Waals surface area contributed by atoms with E-state index in [4.69, 9.17) is 24.7 Å². The number of para-hydroxylation sites is 1. The van der Waals surface area contributed by atoms with Gasteiger partial charge in [-0.15, -0.1) is 0 Å². The molecule has 2 aromatic carbocycles. The Morgan fingerprint density at radius 1 is 0.857 bits per heavy atom. The van der Waals surface area contributed by atoms with E-state index in [-0.39, 0.29) is 0 Å². The first kappa shape index (κ1) is 14.8. The highest BCUT2D eigenvalue weighted by molar-refractivity contribution is 5.54. The molecule has 5 heteroatoms. The van der Waals surface area contributed by atoms with Crippen molar-refractivity contribution in [3.8, 4) is 23.0 Å². The van der Waals surface area contributed by atoms with E-state index >= 15 is 0 Å². The van der Waals surface area contributed by atoms with Crippen molar-refractivity contribution in [3.05, 3.63) is 42.0 Å². The summed E-state index contributed by atoms with van der Waals surface area (Å²) in [5.74, 6) is 2.46. The van der Waals surface area contributed by atoms with E-state index in [1.54, 1.807) is 21.3 Å². The average molecular weight is 289 g/mol. The van der Waals surface area contributed by atoms with Gasteiger partial charge in [-0.3, -0.25) is 0 Å². The monoisotopic (exact) mass is 289 g/mol. The highest BCUT2D eigenvalue weighted by atomic mass is 16.5. The molecule has 0 saturated carbocycles. The summed E-state index contributed by atoms with van der Waals surface area (Å²) in [4.78, 5) is 0. The molecule has 0 spiro atoms. The highest BCUT2D eigenvalue weighted by Crippen LogP contribution is 2.37. The number of anilines is 1. The summed E-state index contributed by atoms with van der Waals surface area (Å²) in [6.45, 7) is 0.352. The fourth-order valence-electron chi connectivity index (χ4n) is 1.99. The molecule has 2 N–H and O–H groups in total. The van der Waals surface area contributed by atoms with Crippen molar-refractivity contribution in [2.45, 2.75) is 6.61 Å². The van der Waals surface area contributed by atoms with E-state index in [0.717, 1.165) is 5.56 Å². The predicted octanol–water partition coefficient (Wildman–Crippen LogP) is 2.87. The standard InChI is InChI=1S/C16H19NO4/c1-18-13-8-7-11(9-12(13)17)10-21-16-14(19-2)5-4-6-15(16)20-3/h4-9H,10,17H2,1-3H3. The van der Waals surface area contributed by atoms with Gasteiger partial charge in [0.1, 0.15) is 12.4 Å². The maximum absolute atomic E-state index is 5.88. The van der Waals surface area contributed by atoms with E-state index in [1.165, 1.54) is 0 Å². The van der Waals surface area contributed by atoms with Crippen molar-refractivity contribution in [1.29, 1.82) is 0 Å². The first-order valence-electron chi connectivity index (χ1n) is 6.45. The van der Waals surface area contributed by atoms with Gasteiger partial charge in [-0.1, -0.05) is 12.1 Å². The van der Waals surface area contributed by atoms with Crippen molar-refractivity contribution in [1.82, 2.24) is 0 Å². The van der Waals surface area contributed by atoms with Gasteiger partial charge in [-0.2, -0.15) is 0 Å². The van der Waals surface area contributed by atoms with Crippen LogP contribution in [0.5, 0.6) is 23.0 Å². The molecule has 0 saturated heterocycles. The number of methoxy groups -OCH3 is 3. The summed E-state index contributed by atoms with van der Waals surface area (Å²) in [5.41, 5.74) is 7.39. The van der Waals surface area contributed by atoms with Crippen LogP contribution in [-0.4, -0.2) is 21.3 Å². The topological polar surface area (TPSA) is 62.9 Å². The zero-order valence-corrected chi connectivity index (χ0v) is 12.4. The number of hydrogen-bond donors (Lipinski definition) is 1. The van der Waals surface area contributed by atoms with Crippen molar-refractivity contribution < 1.29 is 18.9 Å². The summed E-state index contributed by atoms with van der Waals surface area (Å²) >= 11 is 0. The van der Waals surface area contributed by atoms with Gasteiger partial charge in [-0.05, 0) is 29.8 Å². The van der Waals surface area contributed by atoms with Crippen molar-refractivity contribution in [3.63, 3.8) is 0 Å². The second-order valence-electron chi connectivity index (χ2n) is 4.36. The average Bonchev–Trinajstić information content (AvgIpc) is 2.52. The van der Waals surface area contributed by atoms with E-state index in [2.05, 4.69) is 0 Å². The lowest BCUT2D eigenvalue weighted by molar-refractivity contribution is 0.266. The molecular formula is C16H19NO4. The molecule has 0 amide bonds. The fourth-order valence-corrected chi connectivity index (χ4v) is 1.99. The molecule has 21 heavy (non-hydrogen) atoms. The third kappa shape index (κ3) is 3.31. The summed E-state index contributed by atoms with van der Waals surface area (Å²) in [6.07, 6.45) is 0. The normalized spacial score (nSPS) is 10.0. The van der Waals surface area contributed by atoms with Crippen LogP contribution in [0.3, 0.4) is 0 Å². The van der Waals surface area contributed by atoms with Crippen LogP contribution >= 0.6 is 0 Å². The molecule has 0 bridgehead atoms. The molecule has 5 nitrogen and oxygen atoms in total. The molecule has 112 valence electrons. The van der Waals surface area contributed by atoms with Gasteiger partial charge < -0.3 is 24.7 Å². The zero-order valence-electron chi connectivity index (χ0n) is 12.4. The van der Waals surface area contributed by atoms with E-state index in [9.17, 15) is 0 Å². The molecule has 0 aliphatic heterocycles. The first-order chi connectivity index (χ1) is 10.2. The van der Waals surface area contributed by atoms with Crippen LogP contribution in [0.15, 0.2) is 36.4 Å². The van der Waals surface area contributed by atoms with E-state index < -0.39 is 0 Å². The van der Waals surface area contributed by atoms with Crippen LogP contribution in [-0.2, 0) is 6.61 Å². The Balaban J connectivity index is 2.18. The fraction of sp³-hybridized carbons (Fsp3) is 0.250. The zero-order chi connectivity index (χ0) is 15.2. The molecule has 0 aliphatic rings. The van der Waals surface area contributed by atoms with Gasteiger partial charge in [-0.25, -0.2) is 0 Å². The SMILES string of the molecule is COc1ccc(COc2c(OC)cccc2OC)cc1N. The Kier molecular flexibility index (Phi) is 4.77. The molecule has 0 atom stereocenters. The molecule has 0 aliphatic carbocycles. The third-order valence-electron chi connectivity index (χ3n) is 3.06. The van der Waals surface area contributed by atoms with Crippen LogP contribution in [0, 0.1) is 0 Å². The number of hydrogen-bond acceptors (Lipinski definition) is 5. The van der Waals surface area contributed by atoms with Gasteiger partial charge >= 0.3 is 0 Å². The highest BCUT2D eigenvalue weighted by Gasteiger charge is 2.11. The number of nitrogens with two attached hydrogens (primary N) is 1. The van der Waals surface area contributed by atoms with Gasteiger partial charge in [0.25, 0.3) is 0 Å². The lowest BCUT2D eigenvalue weighted by atomic mass is 10.2. The third-order valence-corrected chi connectivity index (χ3v) is 3.06. The molecule has 0 aromatic heterocycles. The van der Waals surface area contributed by atoms with Crippen molar-refractivity contribution in [2.75, 3.05) is 27.1 Å². The largest absolute Gasteiger partial charge is 0.495 e. The first-order valence-corrected chi connectivity index (χ1v) is 6.45. The minimum absolute atomic E-state index is 0.352. The minimum atomic E-state index is 0.352. The molecule has 0 heterocycles. The van der Waals surface area contributed by atoms with Crippen LogP contribution in [0.25, 0.3) is 0 Å². The van der Waals surface area contributed by atoms with Gasteiger partial charge in [0.2, 0.25) is 5.75 Å². The Labute approximate surface area is 124 Å². The van der Waals surface area contributed by atoms with Crippen LogP contribution in [0.4, 0.5) is 5.69 Å². The van der Waals surface area contributed by atoms with Crippen molar-refractivity contribution >= 4 is 5.69 Å². The minimum Gasteiger partial charge on any atom is -0.495 e. The number of ether oxygens (including phenoxy) is 4. The molecule has 0 radical (unpaired) electrons. The molecular weight excluding hydrogens is 270 g/mol. The van der Waals surface area contributed by atoms with Gasteiger partial charge in [0.05, 0.1) is 27.0 Å². The summed E-state index contributed by atoms with van der Waals surface area (Å²) in [6, 6.07) is 11.0. The van der Waals surface area contributed by atoms with Gasteiger partial charge in [0.15, 0.2) is 11.5 Å². The number of benzene rings is 2. The smallest absolute Gasteiger partial charge is 0.203 e. The lowest BCUT2D eigenvalue weighted by Gasteiger charge is -2.14. The van der Waals surface area contributed by atoms with E-state index in [1.807, 2.05) is 36.4 Å². The maximum atomic E-state index is 5.88.